The van der Waals surface area contributed by atoms with Gasteiger partial charge in [-0.25, -0.2) is 0 Å². The average molecular weight is 336 g/mol. The van der Waals surface area contributed by atoms with Crippen LogP contribution in [0.1, 0.15) is 0 Å². The smallest absolute Gasteiger partial charge is 0 e. The van der Waals surface area contributed by atoms with Crippen LogP contribution >= 0.6 is 0 Å². The molecule has 0 aliphatic rings. The molecule has 0 nitrogen and oxygen atoms in total. The molecule has 0 aromatic rings. The Kier molecular flexibility index (Phi) is 172. The molecule has 0 spiro atoms. The van der Waals surface area contributed by atoms with Crippen LogP contribution < -0.4 is 50.9 Å². The molecule has 0 heterocycles. The molecule has 0 aliphatic carbocycles. The molecule has 30 valence electrons. The Bertz CT molecular complexity index is 3.25. The second-order valence-corrected chi connectivity index (χ2v) is 0. The van der Waals surface area contributed by atoms with Gasteiger partial charge in [-0.15, -0.1) is 0 Å². The van der Waals surface area contributed by atoms with Crippen LogP contribution in [0.15, 0.2) is 0 Å². The van der Waals surface area contributed by atoms with E-state index in [0.29, 0.717) is 0 Å². The fourth-order valence-electron chi connectivity index (χ4n) is 0. The largest absolute Gasteiger partial charge is 1.00 e. The zero-order valence-electron chi connectivity index (χ0n) is 1.54. The molecule has 0 bridgehead atoms. The van der Waals surface area contributed by atoms with Crippen molar-refractivity contribution in [1.29, 1.82) is 0 Å². The number of rotatable bonds is 0. The van der Waals surface area contributed by atoms with Gasteiger partial charge in [0.2, 0.25) is 0 Å². The summed E-state index contributed by atoms with van der Waals surface area (Å²) in [7, 11) is 0. The van der Waals surface area contributed by atoms with Crippen molar-refractivity contribution in [3.8, 4) is 0 Å². The van der Waals surface area contributed by atoms with E-state index >= 15 is 0 Å². The van der Waals surface area contributed by atoms with Gasteiger partial charge < -0.3 is 50.9 Å². The maximum absolute atomic E-state index is 0. The van der Waals surface area contributed by atoms with E-state index in [-0.39, 0.29) is 72.0 Å². The first-order valence-corrected chi connectivity index (χ1v) is 0. The third-order valence-electron chi connectivity index (χ3n) is 0. The van der Waals surface area contributed by atoms with Crippen LogP contribution in [-0.4, -0.2) is 0 Å². The van der Waals surface area contributed by atoms with Crippen LogP contribution in [0, 0.1) is 0 Å². The van der Waals surface area contributed by atoms with Gasteiger partial charge in [-0.1, -0.05) is 0 Å². The summed E-state index contributed by atoms with van der Waals surface area (Å²) in [5.41, 5.74) is 0. The minimum Gasteiger partial charge on any atom is -1.00 e. The van der Waals surface area contributed by atoms with Gasteiger partial charge in [-0.2, -0.15) is 0 Å². The van der Waals surface area contributed by atoms with Crippen LogP contribution in [0.3, 0.4) is 0 Å². The molecular weight excluding hydrogens is 336 g/mol. The van der Waals surface area contributed by atoms with Gasteiger partial charge in [0.1, 0.15) is 0 Å². The van der Waals surface area contributed by atoms with Gasteiger partial charge in [0, 0.05) is 21.1 Å². The molecule has 0 amide bonds. The second-order valence-electron chi connectivity index (χ2n) is 0. The van der Waals surface area contributed by atoms with Gasteiger partial charge in [-0.05, 0) is 0 Å². The Hall–Kier alpha value is 2.13. The fourth-order valence-corrected chi connectivity index (χ4v) is 0. The van der Waals surface area contributed by atoms with Crippen molar-refractivity contribution in [1.82, 2.24) is 0 Å². The molecule has 0 aromatic carbocycles. The van der Waals surface area contributed by atoms with E-state index in [1.807, 2.05) is 0 Å². The van der Waals surface area contributed by atoms with Crippen molar-refractivity contribution in [3.63, 3.8) is 0 Å². The molecule has 0 N–H and O–H groups in total. The van der Waals surface area contributed by atoms with Crippen molar-refractivity contribution in [2.75, 3.05) is 0 Å². The first-order valence-electron chi connectivity index (χ1n) is 0. The summed E-state index contributed by atoms with van der Waals surface area (Å²) < 4.78 is 0. The van der Waals surface area contributed by atoms with Crippen LogP contribution in [0.4, 0.5) is 0 Å². The van der Waals surface area contributed by atoms with Crippen molar-refractivity contribution < 1.29 is 72.0 Å². The summed E-state index contributed by atoms with van der Waals surface area (Å²) in [5.74, 6) is 0. The predicted molar refractivity (Wildman–Crippen MR) is 0 cm³/mol. The molecule has 0 rings (SSSR count). The molecule has 0 saturated carbocycles. The summed E-state index contributed by atoms with van der Waals surface area (Å²) in [4.78, 5) is 0. The zero-order chi connectivity index (χ0) is 0. The van der Waals surface area contributed by atoms with E-state index in [1.165, 1.54) is 0 Å². The normalized spacial score (nSPS) is 0. The van der Waals surface area contributed by atoms with Gasteiger partial charge in [0.25, 0.3) is 0 Å². The number of hydrogen-bond acceptors (Lipinski definition) is 0. The van der Waals surface area contributed by atoms with Crippen molar-refractivity contribution in [2.24, 2.45) is 0 Å². The van der Waals surface area contributed by atoms with Crippen LogP contribution in [0.2, 0.25) is 0 Å². The Morgan fingerprint density at radius 2 is 0.500 bits per heavy atom. The van der Waals surface area contributed by atoms with Gasteiger partial charge >= 0.3 is 0 Å². The fraction of sp³-hybridized carbons (Fsp3) is 0. The first kappa shape index (κ1) is 35.6. The summed E-state index contributed by atoms with van der Waals surface area (Å²) in [6, 6.07) is 0. The van der Waals surface area contributed by atoms with E-state index in [4.69, 9.17) is 0 Å². The Morgan fingerprint density at radius 3 is 0.500 bits per heavy atom. The van der Waals surface area contributed by atoms with Gasteiger partial charge in [0.15, 0.2) is 0 Å². The Morgan fingerprint density at radius 1 is 0.500 bits per heavy atom. The molecule has 0 aliphatic heterocycles. The maximum Gasteiger partial charge on any atom is 0 e. The van der Waals surface area contributed by atoms with Crippen LogP contribution in [0.25, 0.3) is 0 Å². The molecule has 4 heteroatoms. The van der Waals surface area contributed by atoms with E-state index in [0.717, 1.165) is 0 Å². The van der Waals surface area contributed by atoms with E-state index in [1.54, 1.807) is 0 Å². The Balaban J connectivity index is 0. The predicted octanol–water partition coefficient (Wildman–Crippen LogP) is -8.99. The standard InChI is InChI=1S/3BrH.Mo/h3*1H;/p-3. The van der Waals surface area contributed by atoms with Gasteiger partial charge in [0.05, 0.1) is 0 Å². The van der Waals surface area contributed by atoms with Crippen LogP contribution in [0.5, 0.6) is 0 Å². The molecule has 0 saturated heterocycles. The minimum atomic E-state index is 0. The second kappa shape index (κ2) is 19.3. The van der Waals surface area contributed by atoms with Crippen molar-refractivity contribution in [3.05, 3.63) is 0 Å². The monoisotopic (exact) mass is 335 g/mol. The molecule has 0 atom stereocenters. The van der Waals surface area contributed by atoms with E-state index in [9.17, 15) is 0 Å². The molecule has 0 fully saturated rings. The first-order chi connectivity index (χ1) is 0. The van der Waals surface area contributed by atoms with Gasteiger partial charge in [-0.3, -0.25) is 0 Å². The quantitative estimate of drug-likeness (QED) is 0.386. The summed E-state index contributed by atoms with van der Waals surface area (Å²) in [6.45, 7) is 0. The number of hydrogen-bond donors (Lipinski definition) is 0. The third kappa shape index (κ3) is 8.92. The molecule has 0 aromatic heterocycles. The molecular formula is Br3Mo-3. The van der Waals surface area contributed by atoms with Crippen molar-refractivity contribution in [2.45, 2.75) is 0 Å². The minimum absolute atomic E-state index is 0. The topological polar surface area (TPSA) is 0 Å². The summed E-state index contributed by atoms with van der Waals surface area (Å²) >= 11 is 0. The summed E-state index contributed by atoms with van der Waals surface area (Å²) in [6.07, 6.45) is 0. The summed E-state index contributed by atoms with van der Waals surface area (Å²) in [5, 5.41) is 0. The molecule has 0 unspecified atom stereocenters. The van der Waals surface area contributed by atoms with E-state index < -0.39 is 0 Å². The SMILES string of the molecule is [Br-].[Br-].[Br-].[Mo]. The third-order valence-corrected chi connectivity index (χ3v) is 0. The maximum atomic E-state index is 0. The average Bonchev–Trinajstić information content (AvgIpc) is 0. The zero-order valence-corrected chi connectivity index (χ0v) is 8.31. The van der Waals surface area contributed by atoms with Crippen LogP contribution in [-0.2, 0) is 21.1 Å². The molecule has 4 heavy (non-hydrogen) atoms. The van der Waals surface area contributed by atoms with E-state index in [2.05, 4.69) is 0 Å². The molecule has 0 radical (unpaired) electrons. The number of halogens is 3. The van der Waals surface area contributed by atoms with Crippen molar-refractivity contribution >= 4 is 0 Å². The Labute approximate surface area is 71.3 Å².